The lowest BCUT2D eigenvalue weighted by Gasteiger charge is -2.34. The summed E-state index contributed by atoms with van der Waals surface area (Å²) in [5.74, 6) is 1.14. The van der Waals surface area contributed by atoms with Crippen LogP contribution in [0, 0.1) is 0 Å². The zero-order chi connectivity index (χ0) is 15.6. The molecule has 1 aliphatic rings. The van der Waals surface area contributed by atoms with Gasteiger partial charge in [0.25, 0.3) is 0 Å². The number of pyridine rings is 1. The fourth-order valence-corrected chi connectivity index (χ4v) is 2.53. The molecule has 1 fully saturated rings. The third kappa shape index (κ3) is 8.15. The molecule has 6 nitrogen and oxygen atoms in total. The molecular formula is C16H29Cl2N5O. The van der Waals surface area contributed by atoms with Crippen LogP contribution >= 0.6 is 24.8 Å². The summed E-state index contributed by atoms with van der Waals surface area (Å²) in [5.41, 5.74) is 0. The van der Waals surface area contributed by atoms with E-state index in [9.17, 15) is 4.79 Å². The van der Waals surface area contributed by atoms with Crippen LogP contribution in [0.3, 0.4) is 0 Å². The van der Waals surface area contributed by atoms with Gasteiger partial charge in [-0.2, -0.15) is 0 Å². The highest BCUT2D eigenvalue weighted by Crippen LogP contribution is 2.11. The van der Waals surface area contributed by atoms with Gasteiger partial charge in [-0.25, -0.2) is 4.98 Å². The van der Waals surface area contributed by atoms with E-state index < -0.39 is 0 Å². The summed E-state index contributed by atoms with van der Waals surface area (Å²) in [5, 5.41) is 6.24. The Morgan fingerprint density at radius 2 is 1.88 bits per heavy atom. The van der Waals surface area contributed by atoms with Gasteiger partial charge in [0.15, 0.2) is 0 Å². The number of aromatic nitrogens is 1. The first kappa shape index (κ1) is 22.9. The van der Waals surface area contributed by atoms with Crippen molar-refractivity contribution in [2.24, 2.45) is 0 Å². The molecule has 138 valence electrons. The molecule has 1 amide bonds. The van der Waals surface area contributed by atoms with E-state index in [1.807, 2.05) is 24.4 Å². The summed E-state index contributed by atoms with van der Waals surface area (Å²) in [6.07, 6.45) is 2.94. The van der Waals surface area contributed by atoms with E-state index in [1.165, 1.54) is 0 Å². The highest BCUT2D eigenvalue weighted by Gasteiger charge is 2.19. The van der Waals surface area contributed by atoms with Crippen molar-refractivity contribution in [3.05, 3.63) is 24.4 Å². The van der Waals surface area contributed by atoms with Gasteiger partial charge < -0.3 is 15.5 Å². The summed E-state index contributed by atoms with van der Waals surface area (Å²) >= 11 is 0. The zero-order valence-electron chi connectivity index (χ0n) is 14.2. The Morgan fingerprint density at radius 3 is 2.50 bits per heavy atom. The molecule has 2 N–H and O–H groups in total. The zero-order valence-corrected chi connectivity index (χ0v) is 15.9. The lowest BCUT2D eigenvalue weighted by atomic mass is 10.3. The van der Waals surface area contributed by atoms with E-state index in [-0.39, 0.29) is 30.7 Å². The minimum absolute atomic E-state index is 0. The maximum absolute atomic E-state index is 11.9. The molecule has 0 radical (unpaired) electrons. The second-order valence-corrected chi connectivity index (χ2v) is 5.55. The lowest BCUT2D eigenvalue weighted by molar-refractivity contribution is -0.122. The quantitative estimate of drug-likeness (QED) is 0.665. The minimum Gasteiger partial charge on any atom is -0.354 e. The first-order valence-corrected chi connectivity index (χ1v) is 8.15. The highest BCUT2D eigenvalue weighted by molar-refractivity contribution is 5.85. The van der Waals surface area contributed by atoms with E-state index in [0.29, 0.717) is 13.1 Å². The number of halogens is 2. The Balaban J connectivity index is 0.00000264. The first-order valence-electron chi connectivity index (χ1n) is 8.15. The average molecular weight is 378 g/mol. The smallest absolute Gasteiger partial charge is 0.234 e. The molecule has 0 bridgehead atoms. The number of nitrogens with zero attached hydrogens (tertiary/aromatic N) is 3. The van der Waals surface area contributed by atoms with Gasteiger partial charge in [0, 0.05) is 45.5 Å². The van der Waals surface area contributed by atoms with Crippen molar-refractivity contribution in [2.75, 3.05) is 57.3 Å². The van der Waals surface area contributed by atoms with Crippen LogP contribution in [-0.2, 0) is 4.79 Å². The number of hydrogen-bond acceptors (Lipinski definition) is 5. The second-order valence-electron chi connectivity index (χ2n) is 5.55. The van der Waals surface area contributed by atoms with Gasteiger partial charge in [0.05, 0.1) is 6.54 Å². The Morgan fingerprint density at radius 1 is 1.12 bits per heavy atom. The molecule has 0 aliphatic carbocycles. The highest BCUT2D eigenvalue weighted by atomic mass is 35.5. The third-order valence-electron chi connectivity index (χ3n) is 3.76. The third-order valence-corrected chi connectivity index (χ3v) is 3.76. The van der Waals surface area contributed by atoms with E-state index in [0.717, 1.165) is 51.5 Å². The SMILES string of the molecule is CCCNCCNC(=O)CN1CCN(c2ccccn2)CC1.Cl.Cl. The van der Waals surface area contributed by atoms with E-state index in [2.05, 4.69) is 32.3 Å². The molecule has 2 heterocycles. The molecule has 1 aromatic rings. The monoisotopic (exact) mass is 377 g/mol. The largest absolute Gasteiger partial charge is 0.354 e. The number of carbonyl (C=O) groups excluding carboxylic acids is 1. The maximum Gasteiger partial charge on any atom is 0.234 e. The van der Waals surface area contributed by atoms with Crippen LogP contribution in [0.5, 0.6) is 0 Å². The van der Waals surface area contributed by atoms with Crippen molar-refractivity contribution in [3.8, 4) is 0 Å². The topological polar surface area (TPSA) is 60.5 Å². The molecule has 0 spiro atoms. The predicted molar refractivity (Wildman–Crippen MR) is 104 cm³/mol. The van der Waals surface area contributed by atoms with Gasteiger partial charge in [-0.15, -0.1) is 24.8 Å². The predicted octanol–water partition coefficient (Wildman–Crippen LogP) is 1.16. The van der Waals surface area contributed by atoms with E-state index in [4.69, 9.17) is 0 Å². The van der Waals surface area contributed by atoms with Crippen LogP contribution in [0.25, 0.3) is 0 Å². The van der Waals surface area contributed by atoms with Gasteiger partial charge in [-0.3, -0.25) is 9.69 Å². The summed E-state index contributed by atoms with van der Waals surface area (Å²) in [6.45, 7) is 8.81. The van der Waals surface area contributed by atoms with Gasteiger partial charge in [0.2, 0.25) is 5.91 Å². The maximum atomic E-state index is 11.9. The number of nitrogens with one attached hydrogen (secondary N) is 2. The van der Waals surface area contributed by atoms with E-state index in [1.54, 1.807) is 0 Å². The Bertz CT molecular complexity index is 441. The number of hydrogen-bond donors (Lipinski definition) is 2. The van der Waals surface area contributed by atoms with Crippen LogP contribution in [-0.4, -0.2) is 68.1 Å². The Hall–Kier alpha value is -1.08. The lowest BCUT2D eigenvalue weighted by Crippen LogP contribution is -2.50. The minimum atomic E-state index is 0. The van der Waals surface area contributed by atoms with Crippen molar-refractivity contribution in [2.45, 2.75) is 13.3 Å². The van der Waals surface area contributed by atoms with Crippen LogP contribution in [0.2, 0.25) is 0 Å². The molecule has 1 aromatic heterocycles. The van der Waals surface area contributed by atoms with Gasteiger partial charge in [0.1, 0.15) is 5.82 Å². The number of anilines is 1. The fraction of sp³-hybridized carbons (Fsp3) is 0.625. The number of amides is 1. The summed E-state index contributed by atoms with van der Waals surface area (Å²) < 4.78 is 0. The summed E-state index contributed by atoms with van der Waals surface area (Å²) in [7, 11) is 0. The molecule has 0 aromatic carbocycles. The van der Waals surface area contributed by atoms with Crippen LogP contribution in [0.15, 0.2) is 24.4 Å². The van der Waals surface area contributed by atoms with Crippen molar-refractivity contribution in [1.29, 1.82) is 0 Å². The van der Waals surface area contributed by atoms with Crippen molar-refractivity contribution < 1.29 is 4.79 Å². The summed E-state index contributed by atoms with van der Waals surface area (Å²) in [6, 6.07) is 5.97. The van der Waals surface area contributed by atoms with Gasteiger partial charge in [-0.1, -0.05) is 13.0 Å². The molecule has 1 aliphatic heterocycles. The van der Waals surface area contributed by atoms with Crippen LogP contribution in [0.1, 0.15) is 13.3 Å². The molecule has 0 atom stereocenters. The van der Waals surface area contributed by atoms with Gasteiger partial charge in [-0.05, 0) is 25.1 Å². The molecule has 24 heavy (non-hydrogen) atoms. The van der Waals surface area contributed by atoms with Crippen LogP contribution in [0.4, 0.5) is 5.82 Å². The first-order chi connectivity index (χ1) is 10.8. The molecule has 0 unspecified atom stereocenters. The Labute approximate surface area is 157 Å². The van der Waals surface area contributed by atoms with Gasteiger partial charge >= 0.3 is 0 Å². The number of rotatable bonds is 8. The van der Waals surface area contributed by atoms with Crippen LogP contribution < -0.4 is 15.5 Å². The second kappa shape index (κ2) is 13.2. The van der Waals surface area contributed by atoms with Crippen molar-refractivity contribution >= 4 is 36.5 Å². The van der Waals surface area contributed by atoms with E-state index >= 15 is 0 Å². The van der Waals surface area contributed by atoms with Crippen molar-refractivity contribution in [3.63, 3.8) is 0 Å². The molecule has 1 saturated heterocycles. The molecule has 0 saturated carbocycles. The summed E-state index contributed by atoms with van der Waals surface area (Å²) in [4.78, 5) is 20.7. The molecular weight excluding hydrogens is 349 g/mol. The standard InChI is InChI=1S/C16H27N5O.2ClH/c1-2-6-17-8-9-19-16(22)14-20-10-12-21(13-11-20)15-5-3-4-7-18-15;;/h3-5,7,17H,2,6,8-14H2,1H3,(H,19,22);2*1H. The Kier molecular flexibility index (Phi) is 12.6. The molecule has 8 heteroatoms. The normalized spacial score (nSPS) is 14.5. The van der Waals surface area contributed by atoms with Crippen molar-refractivity contribution in [1.82, 2.24) is 20.5 Å². The fourth-order valence-electron chi connectivity index (χ4n) is 2.53. The average Bonchev–Trinajstić information content (AvgIpc) is 2.56. The number of carbonyl (C=O) groups is 1. The number of piperazine rings is 1. The molecule has 2 rings (SSSR count).